The van der Waals surface area contributed by atoms with Gasteiger partial charge in [-0.05, 0) is 63.0 Å². The Morgan fingerprint density at radius 2 is 0.862 bits per heavy atom. The predicted molar refractivity (Wildman–Crippen MR) is 238 cm³/mol. The van der Waals surface area contributed by atoms with Crippen molar-refractivity contribution in [2.24, 2.45) is 0 Å². The van der Waals surface area contributed by atoms with Crippen molar-refractivity contribution < 1.29 is 4.42 Å². The van der Waals surface area contributed by atoms with E-state index in [9.17, 15) is 0 Å². The van der Waals surface area contributed by atoms with Gasteiger partial charge in [-0.15, -0.1) is 0 Å². The molecule has 5 heteroatoms. The number of benzene rings is 9. The van der Waals surface area contributed by atoms with Gasteiger partial charge in [0.2, 0.25) is 0 Å². The molecule has 0 spiro atoms. The van der Waals surface area contributed by atoms with E-state index in [1.54, 1.807) is 0 Å². The van der Waals surface area contributed by atoms with E-state index >= 15 is 0 Å². The molecular weight excluding hydrogens is 709 g/mol. The minimum Gasteiger partial charge on any atom is -0.454 e. The van der Waals surface area contributed by atoms with Gasteiger partial charge in [-0.3, -0.25) is 0 Å². The van der Waals surface area contributed by atoms with Crippen LogP contribution in [0.4, 0.5) is 0 Å². The smallest absolute Gasteiger partial charge is 0.164 e. The zero-order chi connectivity index (χ0) is 38.2. The monoisotopic (exact) mass is 740 g/mol. The quantitative estimate of drug-likeness (QED) is 0.176. The third kappa shape index (κ3) is 5.00. The van der Waals surface area contributed by atoms with Crippen LogP contribution in [0.25, 0.3) is 116 Å². The lowest BCUT2D eigenvalue weighted by Gasteiger charge is -2.11. The molecule has 0 aliphatic heterocycles. The van der Waals surface area contributed by atoms with Crippen molar-refractivity contribution in [3.8, 4) is 51.0 Å². The molecular formula is C53H32N4O. The third-order valence-electron chi connectivity index (χ3n) is 11.4. The van der Waals surface area contributed by atoms with Crippen molar-refractivity contribution >= 4 is 65.3 Å². The molecule has 0 aliphatic carbocycles. The van der Waals surface area contributed by atoms with Gasteiger partial charge in [0.05, 0.1) is 16.7 Å². The highest BCUT2D eigenvalue weighted by Gasteiger charge is 2.24. The number of furan rings is 1. The Morgan fingerprint density at radius 3 is 1.45 bits per heavy atom. The number of aromatic nitrogens is 4. The molecule has 0 saturated heterocycles. The molecule has 0 aliphatic rings. The Kier molecular flexibility index (Phi) is 7.16. The summed E-state index contributed by atoms with van der Waals surface area (Å²) in [5.41, 5.74) is 9.59. The Balaban J connectivity index is 1.19. The fourth-order valence-electron chi connectivity index (χ4n) is 8.80. The van der Waals surface area contributed by atoms with Crippen LogP contribution in [0.1, 0.15) is 0 Å². The van der Waals surface area contributed by atoms with E-state index in [0.29, 0.717) is 17.5 Å². The first-order valence-electron chi connectivity index (χ1n) is 19.5. The molecule has 0 saturated carbocycles. The van der Waals surface area contributed by atoms with Crippen LogP contribution in [0.2, 0.25) is 0 Å². The number of para-hydroxylation sites is 1. The molecule has 12 rings (SSSR count). The summed E-state index contributed by atoms with van der Waals surface area (Å²) in [5, 5.41) is 9.29. The molecule has 9 aromatic carbocycles. The fourth-order valence-corrected chi connectivity index (χ4v) is 8.80. The summed E-state index contributed by atoms with van der Waals surface area (Å²) >= 11 is 0. The second-order valence-electron chi connectivity index (χ2n) is 14.8. The van der Waals surface area contributed by atoms with Crippen LogP contribution in [0.15, 0.2) is 199 Å². The largest absolute Gasteiger partial charge is 0.454 e. The van der Waals surface area contributed by atoms with Gasteiger partial charge in [-0.25, -0.2) is 15.0 Å². The zero-order valence-corrected chi connectivity index (χ0v) is 31.2. The Labute approximate surface area is 333 Å². The van der Waals surface area contributed by atoms with E-state index in [1.807, 2.05) is 66.7 Å². The summed E-state index contributed by atoms with van der Waals surface area (Å²) < 4.78 is 9.53. The lowest BCUT2D eigenvalue weighted by atomic mass is 9.98. The van der Waals surface area contributed by atoms with Crippen LogP contribution in [-0.4, -0.2) is 19.5 Å². The highest BCUT2D eigenvalue weighted by atomic mass is 16.3. The normalized spacial score (nSPS) is 11.8. The lowest BCUT2D eigenvalue weighted by molar-refractivity contribution is 0.666. The van der Waals surface area contributed by atoms with Gasteiger partial charge in [-0.2, -0.15) is 0 Å². The second kappa shape index (κ2) is 12.8. The van der Waals surface area contributed by atoms with Crippen molar-refractivity contribution in [2.75, 3.05) is 0 Å². The maximum Gasteiger partial charge on any atom is 0.164 e. The molecule has 58 heavy (non-hydrogen) atoms. The Hall–Kier alpha value is -7.89. The SMILES string of the molecule is c1ccc(-c2cc(-c3nc(-c4ccccc4)nc(-c4ccccc4)n3)c3c(c2)oc2c(-n4c5ccc6ccccc6c5c5c6ccccc6ccc54)cccc23)cc1. The average Bonchev–Trinajstić information content (AvgIpc) is 3.86. The minimum absolute atomic E-state index is 0.582. The summed E-state index contributed by atoms with van der Waals surface area (Å²) in [7, 11) is 0. The van der Waals surface area contributed by atoms with Gasteiger partial charge in [0.25, 0.3) is 0 Å². The summed E-state index contributed by atoms with van der Waals surface area (Å²) in [6, 6.07) is 67.9. The molecule has 0 bridgehead atoms. The van der Waals surface area contributed by atoms with Crippen LogP contribution in [0.3, 0.4) is 0 Å². The van der Waals surface area contributed by atoms with Gasteiger partial charge in [0.1, 0.15) is 5.58 Å². The standard InChI is InChI=1S/C53H32N4O/c1-4-15-33(16-5-1)38-31-42(53-55-51(36-19-6-2-7-20-36)54-52(56-53)37-21-8-3-9-22-37)47-41-25-14-26-45(50(41)58-46(47)32-38)57-43-29-27-34-17-10-12-23-39(34)48(43)49-40-24-13-11-18-35(40)28-30-44(49)57/h1-32H. The molecule has 5 nitrogen and oxygen atoms in total. The maximum atomic E-state index is 7.14. The summed E-state index contributed by atoms with van der Waals surface area (Å²) in [4.78, 5) is 15.4. The molecule has 3 heterocycles. The van der Waals surface area contributed by atoms with Gasteiger partial charge in [0, 0.05) is 38.2 Å². The summed E-state index contributed by atoms with van der Waals surface area (Å²) in [5.74, 6) is 1.81. The lowest BCUT2D eigenvalue weighted by Crippen LogP contribution is -2.00. The molecule has 0 radical (unpaired) electrons. The first-order valence-corrected chi connectivity index (χ1v) is 19.5. The number of hydrogen-bond acceptors (Lipinski definition) is 4. The van der Waals surface area contributed by atoms with E-state index in [4.69, 9.17) is 19.4 Å². The van der Waals surface area contributed by atoms with Crippen LogP contribution in [0.5, 0.6) is 0 Å². The second-order valence-corrected chi connectivity index (χ2v) is 14.8. The summed E-state index contributed by atoms with van der Waals surface area (Å²) in [6.07, 6.45) is 0. The van der Waals surface area contributed by atoms with E-state index in [1.165, 1.54) is 32.3 Å². The Bertz CT molecular complexity index is 3400. The van der Waals surface area contributed by atoms with Gasteiger partial charge < -0.3 is 8.98 Å². The molecule has 0 N–H and O–H groups in total. The number of hydrogen-bond donors (Lipinski definition) is 0. The first kappa shape index (κ1) is 32.4. The van der Waals surface area contributed by atoms with Crippen LogP contribution in [-0.2, 0) is 0 Å². The summed E-state index contributed by atoms with van der Waals surface area (Å²) in [6.45, 7) is 0. The number of fused-ring (bicyclic) bond motifs is 10. The first-order chi connectivity index (χ1) is 28.8. The molecule has 270 valence electrons. The van der Waals surface area contributed by atoms with E-state index in [2.05, 4.69) is 132 Å². The van der Waals surface area contributed by atoms with Gasteiger partial charge >= 0.3 is 0 Å². The van der Waals surface area contributed by atoms with Crippen LogP contribution < -0.4 is 0 Å². The van der Waals surface area contributed by atoms with Crippen molar-refractivity contribution in [1.82, 2.24) is 19.5 Å². The molecule has 0 fully saturated rings. The van der Waals surface area contributed by atoms with Crippen molar-refractivity contribution in [3.63, 3.8) is 0 Å². The van der Waals surface area contributed by atoms with Crippen LogP contribution >= 0.6 is 0 Å². The van der Waals surface area contributed by atoms with E-state index in [-0.39, 0.29) is 0 Å². The van der Waals surface area contributed by atoms with E-state index in [0.717, 1.165) is 66.5 Å². The minimum atomic E-state index is 0.582. The topological polar surface area (TPSA) is 56.7 Å². The molecule has 0 amide bonds. The third-order valence-corrected chi connectivity index (χ3v) is 11.4. The molecule has 0 atom stereocenters. The van der Waals surface area contributed by atoms with Crippen molar-refractivity contribution in [2.45, 2.75) is 0 Å². The Morgan fingerprint density at radius 1 is 0.362 bits per heavy atom. The van der Waals surface area contributed by atoms with Crippen LogP contribution in [0, 0.1) is 0 Å². The predicted octanol–water partition coefficient (Wildman–Crippen LogP) is 13.8. The maximum absolute atomic E-state index is 7.14. The molecule has 12 aromatic rings. The molecule has 3 aromatic heterocycles. The number of nitrogens with zero attached hydrogens (tertiary/aromatic N) is 4. The highest BCUT2D eigenvalue weighted by Crippen LogP contribution is 2.45. The van der Waals surface area contributed by atoms with E-state index < -0.39 is 0 Å². The number of rotatable bonds is 5. The fraction of sp³-hybridized carbons (Fsp3) is 0. The average molecular weight is 741 g/mol. The van der Waals surface area contributed by atoms with Gasteiger partial charge in [-0.1, -0.05) is 164 Å². The highest BCUT2D eigenvalue weighted by molar-refractivity contribution is 6.29. The van der Waals surface area contributed by atoms with Crippen molar-refractivity contribution in [1.29, 1.82) is 0 Å². The molecule has 0 unspecified atom stereocenters. The van der Waals surface area contributed by atoms with Gasteiger partial charge in [0.15, 0.2) is 23.1 Å². The van der Waals surface area contributed by atoms with Crippen molar-refractivity contribution in [3.05, 3.63) is 194 Å². The zero-order valence-electron chi connectivity index (χ0n) is 31.2.